The van der Waals surface area contributed by atoms with Gasteiger partial charge in [0.25, 0.3) is 0 Å². The molecule has 0 saturated carbocycles. The maximum Gasteiger partial charge on any atom is 0.184 e. The first-order chi connectivity index (χ1) is 8.88. The fourth-order valence-corrected chi connectivity index (χ4v) is 2.97. The van der Waals surface area contributed by atoms with Crippen LogP contribution in [-0.2, 0) is 15.6 Å². The Kier molecular flexibility index (Phi) is 3.71. The van der Waals surface area contributed by atoms with Gasteiger partial charge in [-0.25, -0.2) is 12.8 Å². The Morgan fingerprint density at radius 2 is 2.05 bits per heavy atom. The molecule has 0 fully saturated rings. The summed E-state index contributed by atoms with van der Waals surface area (Å²) in [6.07, 6.45) is 1.74. The zero-order valence-electron chi connectivity index (χ0n) is 10.7. The first-order valence-corrected chi connectivity index (χ1v) is 7.56. The molecule has 1 heterocycles. The molecule has 0 aliphatic rings. The molecule has 1 aromatic carbocycles. The van der Waals surface area contributed by atoms with E-state index in [-0.39, 0.29) is 16.7 Å². The van der Waals surface area contributed by atoms with E-state index in [0.717, 1.165) is 6.07 Å². The van der Waals surface area contributed by atoms with E-state index < -0.39 is 15.7 Å². The van der Waals surface area contributed by atoms with Crippen LogP contribution in [0.4, 0.5) is 4.39 Å². The molecule has 1 aromatic heterocycles. The number of benzene rings is 1. The van der Waals surface area contributed by atoms with Crippen molar-refractivity contribution in [3.8, 4) is 0 Å². The maximum atomic E-state index is 13.1. The lowest BCUT2D eigenvalue weighted by atomic mass is 10.4. The molecule has 0 atom stereocenters. The van der Waals surface area contributed by atoms with Gasteiger partial charge in [0.2, 0.25) is 0 Å². The van der Waals surface area contributed by atoms with E-state index in [2.05, 4.69) is 5.10 Å². The van der Waals surface area contributed by atoms with Crippen molar-refractivity contribution >= 4 is 9.84 Å². The summed E-state index contributed by atoms with van der Waals surface area (Å²) in [4.78, 5) is -0.0217. The number of hydrogen-bond acceptors (Lipinski definition) is 3. The Bertz CT molecular complexity index is 677. The highest BCUT2D eigenvalue weighted by atomic mass is 32.2. The third kappa shape index (κ3) is 3.20. The predicted octanol–water partition coefficient (Wildman–Crippen LogP) is 2.58. The van der Waals surface area contributed by atoms with Crippen LogP contribution >= 0.6 is 0 Å². The number of hydrogen-bond donors (Lipinski definition) is 0. The highest BCUT2D eigenvalue weighted by Gasteiger charge is 2.17. The largest absolute Gasteiger partial charge is 0.270 e. The van der Waals surface area contributed by atoms with E-state index in [4.69, 9.17) is 0 Å². The van der Waals surface area contributed by atoms with Gasteiger partial charge in [0.05, 0.1) is 16.3 Å². The summed E-state index contributed by atoms with van der Waals surface area (Å²) < 4.78 is 39.0. The van der Waals surface area contributed by atoms with Gasteiger partial charge in [-0.2, -0.15) is 5.10 Å². The molecule has 102 valence electrons. The van der Waals surface area contributed by atoms with Crippen molar-refractivity contribution in [2.75, 3.05) is 0 Å². The van der Waals surface area contributed by atoms with Crippen LogP contribution in [0.5, 0.6) is 0 Å². The molecular weight excluding hydrogens is 267 g/mol. The third-order valence-electron chi connectivity index (χ3n) is 2.69. The second kappa shape index (κ2) is 5.13. The zero-order chi connectivity index (χ0) is 14.0. The molecule has 0 aliphatic heterocycles. The Balaban J connectivity index is 2.26. The second-order valence-corrected chi connectivity index (χ2v) is 6.59. The van der Waals surface area contributed by atoms with Gasteiger partial charge in [0, 0.05) is 12.2 Å². The van der Waals surface area contributed by atoms with Gasteiger partial charge in [-0.3, -0.25) is 4.68 Å². The van der Waals surface area contributed by atoms with Gasteiger partial charge in [0.1, 0.15) is 5.82 Å². The van der Waals surface area contributed by atoms with Crippen LogP contribution in [0.15, 0.2) is 41.4 Å². The van der Waals surface area contributed by atoms with E-state index in [9.17, 15) is 12.8 Å². The van der Waals surface area contributed by atoms with Gasteiger partial charge < -0.3 is 0 Å². The minimum atomic E-state index is -3.56. The highest BCUT2D eigenvalue weighted by molar-refractivity contribution is 7.90. The lowest BCUT2D eigenvalue weighted by molar-refractivity contribution is 0.527. The number of halogens is 1. The van der Waals surface area contributed by atoms with Crippen LogP contribution in [0.1, 0.15) is 25.6 Å². The fraction of sp³-hybridized carbons (Fsp3) is 0.308. The average molecular weight is 282 g/mol. The number of rotatable bonds is 4. The van der Waals surface area contributed by atoms with Crippen LogP contribution in [-0.4, -0.2) is 18.2 Å². The first kappa shape index (κ1) is 13.7. The molecule has 0 bridgehead atoms. The van der Waals surface area contributed by atoms with Crippen LogP contribution in [0.3, 0.4) is 0 Å². The van der Waals surface area contributed by atoms with Gasteiger partial charge in [-0.05, 0) is 38.1 Å². The van der Waals surface area contributed by atoms with E-state index >= 15 is 0 Å². The normalized spacial score (nSPS) is 12.0. The highest BCUT2D eigenvalue weighted by Crippen LogP contribution is 2.17. The van der Waals surface area contributed by atoms with Crippen molar-refractivity contribution in [1.29, 1.82) is 0 Å². The van der Waals surface area contributed by atoms with Crippen LogP contribution in [0, 0.1) is 5.82 Å². The molecule has 6 heteroatoms. The van der Waals surface area contributed by atoms with E-state index in [1.807, 2.05) is 13.8 Å². The third-order valence-corrected chi connectivity index (χ3v) is 4.33. The summed E-state index contributed by atoms with van der Waals surface area (Å²) in [7, 11) is -3.56. The van der Waals surface area contributed by atoms with Crippen molar-refractivity contribution in [3.63, 3.8) is 0 Å². The minimum Gasteiger partial charge on any atom is -0.270 e. The molecule has 2 rings (SSSR count). The smallest absolute Gasteiger partial charge is 0.184 e. The van der Waals surface area contributed by atoms with Gasteiger partial charge >= 0.3 is 0 Å². The lowest BCUT2D eigenvalue weighted by Crippen LogP contribution is -2.07. The van der Waals surface area contributed by atoms with Crippen LogP contribution < -0.4 is 0 Å². The number of aromatic nitrogens is 2. The summed E-state index contributed by atoms with van der Waals surface area (Å²) in [6.45, 7) is 3.91. The summed E-state index contributed by atoms with van der Waals surface area (Å²) in [5.74, 6) is -0.787. The number of nitrogens with zero attached hydrogens (tertiary/aromatic N) is 2. The molecule has 0 radical (unpaired) electrons. The first-order valence-electron chi connectivity index (χ1n) is 5.91. The van der Waals surface area contributed by atoms with Crippen LogP contribution in [0.25, 0.3) is 0 Å². The minimum absolute atomic E-state index is 0.0217. The molecule has 4 nitrogen and oxygen atoms in total. The Hall–Kier alpha value is -1.69. The SMILES string of the molecule is CC(C)n1ccc(CS(=O)(=O)c2cccc(F)c2)n1. The van der Waals surface area contributed by atoms with Crippen molar-refractivity contribution in [3.05, 3.63) is 48.0 Å². The molecule has 0 amide bonds. The van der Waals surface area contributed by atoms with E-state index in [0.29, 0.717) is 5.69 Å². The van der Waals surface area contributed by atoms with Crippen molar-refractivity contribution in [1.82, 2.24) is 9.78 Å². The van der Waals surface area contributed by atoms with Gasteiger partial charge in [-0.1, -0.05) is 6.07 Å². The number of sulfone groups is 1. The quantitative estimate of drug-likeness (QED) is 0.866. The molecule has 0 aliphatic carbocycles. The average Bonchev–Trinajstić information content (AvgIpc) is 2.77. The maximum absolute atomic E-state index is 13.1. The standard InChI is InChI=1S/C13H15FN2O2S/c1-10(2)16-7-6-12(15-16)9-19(17,18)13-5-3-4-11(14)8-13/h3-8,10H,9H2,1-2H3. The van der Waals surface area contributed by atoms with Gasteiger partial charge in [-0.15, -0.1) is 0 Å². The molecule has 0 unspecified atom stereocenters. The van der Waals surface area contributed by atoms with Crippen molar-refractivity contribution < 1.29 is 12.8 Å². The van der Waals surface area contributed by atoms with E-state index in [1.54, 1.807) is 16.9 Å². The molecular formula is C13H15FN2O2S. The Morgan fingerprint density at radius 1 is 1.32 bits per heavy atom. The van der Waals surface area contributed by atoms with Crippen molar-refractivity contribution in [2.45, 2.75) is 30.5 Å². The van der Waals surface area contributed by atoms with Gasteiger partial charge in [0.15, 0.2) is 9.84 Å². The second-order valence-electron chi connectivity index (χ2n) is 4.60. The summed E-state index contributed by atoms with van der Waals surface area (Å²) in [5.41, 5.74) is 0.456. The fourth-order valence-electron chi connectivity index (χ4n) is 1.68. The van der Waals surface area contributed by atoms with E-state index in [1.165, 1.54) is 18.2 Å². The molecule has 0 N–H and O–H groups in total. The van der Waals surface area contributed by atoms with Crippen molar-refractivity contribution in [2.24, 2.45) is 0 Å². The zero-order valence-corrected chi connectivity index (χ0v) is 11.6. The summed E-state index contributed by atoms with van der Waals surface area (Å²) in [5, 5.41) is 4.19. The molecule has 0 saturated heterocycles. The summed E-state index contributed by atoms with van der Waals surface area (Å²) >= 11 is 0. The topological polar surface area (TPSA) is 52.0 Å². The molecule has 19 heavy (non-hydrogen) atoms. The predicted molar refractivity (Wildman–Crippen MR) is 69.9 cm³/mol. The summed E-state index contributed by atoms with van der Waals surface area (Å²) in [6, 6.07) is 6.84. The Morgan fingerprint density at radius 3 is 2.63 bits per heavy atom. The van der Waals surface area contributed by atoms with Crippen LogP contribution in [0.2, 0.25) is 0 Å². The Labute approximate surface area is 111 Å². The monoisotopic (exact) mass is 282 g/mol. The molecule has 0 spiro atoms. The lowest BCUT2D eigenvalue weighted by Gasteiger charge is -2.05. The molecule has 2 aromatic rings.